The Hall–Kier alpha value is -1.06. The van der Waals surface area contributed by atoms with E-state index in [2.05, 4.69) is 48.3 Å². The van der Waals surface area contributed by atoms with Crippen LogP contribution in [0.15, 0.2) is 24.3 Å². The Bertz CT molecular complexity index is 472. The Labute approximate surface area is 122 Å². The van der Waals surface area contributed by atoms with Gasteiger partial charge in [0.1, 0.15) is 0 Å². The number of fused-ring (bicyclic) bond motifs is 1. The van der Waals surface area contributed by atoms with Crippen LogP contribution in [0.1, 0.15) is 32.3 Å². The van der Waals surface area contributed by atoms with Crippen molar-refractivity contribution in [1.29, 1.82) is 0 Å². The molecule has 0 aromatic heterocycles. The summed E-state index contributed by atoms with van der Waals surface area (Å²) < 4.78 is 0. The monoisotopic (exact) mass is 274 g/mol. The van der Waals surface area contributed by atoms with Crippen molar-refractivity contribution in [3.8, 4) is 0 Å². The third-order valence-electron chi connectivity index (χ3n) is 4.45. The molecule has 20 heavy (non-hydrogen) atoms. The number of nitrogens with one attached hydrogen (secondary N) is 1. The molecule has 1 aliphatic carbocycles. The molecule has 2 atom stereocenters. The van der Waals surface area contributed by atoms with Gasteiger partial charge in [0.05, 0.1) is 12.1 Å². The Kier molecular flexibility index (Phi) is 3.74. The number of benzene rings is 1. The maximum atomic E-state index is 9.82. The highest BCUT2D eigenvalue weighted by atomic mass is 16.3. The van der Waals surface area contributed by atoms with Crippen molar-refractivity contribution in [2.75, 3.05) is 24.6 Å². The summed E-state index contributed by atoms with van der Waals surface area (Å²) in [6.45, 7) is 6.61. The topological polar surface area (TPSA) is 35.5 Å². The number of aliphatic hydroxyl groups excluding tert-OH is 1. The first-order valence-corrected chi connectivity index (χ1v) is 7.81. The Morgan fingerprint density at radius 3 is 2.80 bits per heavy atom. The smallest absolute Gasteiger partial charge is 0.0628 e. The molecule has 1 aliphatic heterocycles. The van der Waals surface area contributed by atoms with Crippen LogP contribution in [0, 0.1) is 5.92 Å². The normalized spacial score (nSPS) is 25.1. The van der Waals surface area contributed by atoms with Gasteiger partial charge in [-0.15, -0.1) is 0 Å². The standard InChI is InChI=1S/C17H26N2O/c1-13-9-14-5-3-4-6-16(14)19(10-13)11-17(2,12-20)18-15-7-8-15/h3-6,13,15,18,20H,7-12H2,1-2H3. The van der Waals surface area contributed by atoms with Crippen molar-refractivity contribution >= 4 is 5.69 Å². The Morgan fingerprint density at radius 2 is 2.10 bits per heavy atom. The van der Waals surface area contributed by atoms with Gasteiger partial charge in [0.25, 0.3) is 0 Å². The first-order chi connectivity index (χ1) is 9.59. The van der Waals surface area contributed by atoms with Gasteiger partial charge in [-0.3, -0.25) is 0 Å². The summed E-state index contributed by atoms with van der Waals surface area (Å²) in [6, 6.07) is 9.32. The fraction of sp³-hybridized carbons (Fsp3) is 0.647. The molecule has 2 aliphatic rings. The highest BCUT2D eigenvalue weighted by Gasteiger charge is 2.35. The molecule has 1 saturated carbocycles. The Morgan fingerprint density at radius 1 is 1.35 bits per heavy atom. The van der Waals surface area contributed by atoms with Gasteiger partial charge in [-0.2, -0.15) is 0 Å². The van der Waals surface area contributed by atoms with Gasteiger partial charge >= 0.3 is 0 Å². The lowest BCUT2D eigenvalue weighted by molar-refractivity contribution is 0.174. The molecule has 0 bridgehead atoms. The van der Waals surface area contributed by atoms with Crippen LogP contribution in [-0.4, -0.2) is 36.4 Å². The van der Waals surface area contributed by atoms with Gasteiger partial charge in [-0.25, -0.2) is 0 Å². The van der Waals surface area contributed by atoms with Gasteiger partial charge in [0.2, 0.25) is 0 Å². The first kappa shape index (κ1) is 13.9. The lowest BCUT2D eigenvalue weighted by atomic mass is 9.92. The van der Waals surface area contributed by atoms with Crippen molar-refractivity contribution < 1.29 is 5.11 Å². The van der Waals surface area contributed by atoms with Gasteiger partial charge in [0.15, 0.2) is 0 Å². The van der Waals surface area contributed by atoms with Crippen molar-refractivity contribution in [3.63, 3.8) is 0 Å². The van der Waals surface area contributed by atoms with E-state index in [0.29, 0.717) is 12.0 Å². The minimum absolute atomic E-state index is 0.191. The van der Waals surface area contributed by atoms with Gasteiger partial charge in [-0.05, 0) is 43.7 Å². The predicted molar refractivity (Wildman–Crippen MR) is 83.2 cm³/mol. The summed E-state index contributed by atoms with van der Waals surface area (Å²) in [6.07, 6.45) is 3.67. The van der Waals surface area contributed by atoms with E-state index in [9.17, 15) is 5.11 Å². The SMILES string of the molecule is CC1Cc2ccccc2N(CC(C)(CO)NC2CC2)C1. The number of hydrogen-bond acceptors (Lipinski definition) is 3. The molecule has 1 aromatic rings. The van der Waals surface area contributed by atoms with E-state index >= 15 is 0 Å². The van der Waals surface area contributed by atoms with Crippen LogP contribution in [0.5, 0.6) is 0 Å². The molecular formula is C17H26N2O. The molecule has 0 spiro atoms. The van der Waals surface area contributed by atoms with Crippen LogP contribution in [0.2, 0.25) is 0 Å². The second-order valence-corrected chi connectivity index (χ2v) is 6.96. The van der Waals surface area contributed by atoms with Crippen LogP contribution in [0.3, 0.4) is 0 Å². The van der Waals surface area contributed by atoms with E-state index < -0.39 is 0 Å². The summed E-state index contributed by atoms with van der Waals surface area (Å²) in [4.78, 5) is 2.45. The molecule has 2 N–H and O–H groups in total. The minimum Gasteiger partial charge on any atom is -0.394 e. The lowest BCUT2D eigenvalue weighted by Crippen LogP contribution is -2.56. The predicted octanol–water partition coefficient (Wildman–Crippen LogP) is 2.19. The second kappa shape index (κ2) is 5.38. The molecule has 2 unspecified atom stereocenters. The Balaban J connectivity index is 1.78. The highest BCUT2D eigenvalue weighted by molar-refractivity contribution is 5.56. The zero-order valence-electron chi connectivity index (χ0n) is 12.6. The summed E-state index contributed by atoms with van der Waals surface area (Å²) in [5.74, 6) is 0.675. The number of para-hydroxylation sites is 1. The fourth-order valence-corrected chi connectivity index (χ4v) is 3.34. The third kappa shape index (κ3) is 2.99. The maximum absolute atomic E-state index is 9.82. The molecule has 1 fully saturated rings. The molecule has 0 radical (unpaired) electrons. The van der Waals surface area contributed by atoms with E-state index in [4.69, 9.17) is 0 Å². The van der Waals surface area contributed by atoms with E-state index in [1.54, 1.807) is 0 Å². The summed E-state index contributed by atoms with van der Waals surface area (Å²) in [5, 5.41) is 13.4. The van der Waals surface area contributed by atoms with Crippen LogP contribution in [0.4, 0.5) is 5.69 Å². The van der Waals surface area contributed by atoms with Crippen LogP contribution < -0.4 is 10.2 Å². The third-order valence-corrected chi connectivity index (χ3v) is 4.45. The molecular weight excluding hydrogens is 248 g/mol. The number of nitrogens with zero attached hydrogens (tertiary/aromatic N) is 1. The first-order valence-electron chi connectivity index (χ1n) is 7.81. The number of hydrogen-bond donors (Lipinski definition) is 2. The van der Waals surface area contributed by atoms with E-state index in [-0.39, 0.29) is 12.1 Å². The van der Waals surface area contributed by atoms with E-state index in [0.717, 1.165) is 13.1 Å². The molecule has 3 nitrogen and oxygen atoms in total. The number of aliphatic hydroxyl groups is 1. The zero-order chi connectivity index (χ0) is 14.2. The maximum Gasteiger partial charge on any atom is 0.0628 e. The van der Waals surface area contributed by atoms with Gasteiger partial charge in [-0.1, -0.05) is 25.1 Å². The number of rotatable bonds is 5. The van der Waals surface area contributed by atoms with Crippen molar-refractivity contribution in [3.05, 3.63) is 29.8 Å². The zero-order valence-corrected chi connectivity index (χ0v) is 12.6. The average molecular weight is 274 g/mol. The molecule has 1 aromatic carbocycles. The number of anilines is 1. The average Bonchev–Trinajstić information content (AvgIpc) is 3.22. The molecule has 0 amide bonds. The summed E-state index contributed by atoms with van der Waals surface area (Å²) >= 11 is 0. The van der Waals surface area contributed by atoms with Crippen molar-refractivity contribution in [1.82, 2.24) is 5.32 Å². The van der Waals surface area contributed by atoms with Crippen LogP contribution in [0.25, 0.3) is 0 Å². The molecule has 3 heteroatoms. The van der Waals surface area contributed by atoms with E-state index in [1.807, 2.05) is 0 Å². The summed E-state index contributed by atoms with van der Waals surface area (Å²) in [7, 11) is 0. The minimum atomic E-state index is -0.203. The highest BCUT2D eigenvalue weighted by Crippen LogP contribution is 2.31. The molecule has 0 saturated heterocycles. The largest absolute Gasteiger partial charge is 0.394 e. The molecule has 1 heterocycles. The molecule has 3 rings (SSSR count). The van der Waals surface area contributed by atoms with Gasteiger partial charge < -0.3 is 15.3 Å². The quantitative estimate of drug-likeness (QED) is 0.864. The second-order valence-electron chi connectivity index (χ2n) is 6.96. The van der Waals surface area contributed by atoms with Crippen molar-refractivity contribution in [2.24, 2.45) is 5.92 Å². The molecule has 110 valence electrons. The van der Waals surface area contributed by atoms with Gasteiger partial charge in [0, 0.05) is 24.8 Å². The summed E-state index contributed by atoms with van der Waals surface area (Å²) in [5.41, 5.74) is 2.59. The fourth-order valence-electron chi connectivity index (χ4n) is 3.34. The van der Waals surface area contributed by atoms with Crippen LogP contribution in [-0.2, 0) is 6.42 Å². The lowest BCUT2D eigenvalue weighted by Gasteiger charge is -2.41. The van der Waals surface area contributed by atoms with E-state index in [1.165, 1.54) is 30.5 Å². The van der Waals surface area contributed by atoms with Crippen molar-refractivity contribution in [2.45, 2.75) is 44.7 Å². The van der Waals surface area contributed by atoms with Crippen LogP contribution >= 0.6 is 0 Å².